The highest BCUT2D eigenvalue weighted by Crippen LogP contribution is 2.33. The van der Waals surface area contributed by atoms with Crippen LogP contribution in [0, 0.1) is 0 Å². The molecule has 1 aliphatic heterocycles. The van der Waals surface area contributed by atoms with Crippen LogP contribution in [0.2, 0.25) is 4.34 Å². The van der Waals surface area contributed by atoms with Crippen molar-refractivity contribution in [2.75, 3.05) is 13.1 Å². The van der Waals surface area contributed by atoms with Crippen molar-refractivity contribution in [1.82, 2.24) is 4.90 Å². The second-order valence-corrected chi connectivity index (χ2v) is 6.85. The fraction of sp³-hybridized carbons (Fsp3) is 0.500. The van der Waals surface area contributed by atoms with Crippen molar-refractivity contribution < 1.29 is 9.90 Å². The fourth-order valence-corrected chi connectivity index (χ4v) is 3.75. The molecule has 1 saturated heterocycles. The maximum absolute atomic E-state index is 11.0. The summed E-state index contributed by atoms with van der Waals surface area (Å²) < 4.78 is 1.60. The number of nitrogens with zero attached hydrogens (tertiary/aromatic N) is 1. The predicted molar refractivity (Wildman–Crippen MR) is 71.5 cm³/mol. The van der Waals surface area contributed by atoms with Gasteiger partial charge in [-0.05, 0) is 28.4 Å². The molecule has 3 N–H and O–H groups in total. The van der Waals surface area contributed by atoms with Gasteiger partial charge in [0.1, 0.15) is 9.88 Å². The van der Waals surface area contributed by atoms with E-state index in [9.17, 15) is 4.79 Å². The van der Waals surface area contributed by atoms with E-state index >= 15 is 0 Å². The quantitative estimate of drug-likeness (QED) is 0.885. The monoisotopic (exact) mass is 338 g/mol. The molecule has 0 bridgehead atoms. The molecule has 1 aromatic rings. The van der Waals surface area contributed by atoms with Crippen LogP contribution in [0.4, 0.5) is 0 Å². The van der Waals surface area contributed by atoms with Gasteiger partial charge in [0.2, 0.25) is 0 Å². The third kappa shape index (κ3) is 2.82. The van der Waals surface area contributed by atoms with Gasteiger partial charge in [0.25, 0.3) is 0 Å². The van der Waals surface area contributed by atoms with Crippen LogP contribution >= 0.6 is 38.9 Å². The number of rotatable bonds is 3. The maximum atomic E-state index is 11.0. The average molecular weight is 340 g/mol. The molecule has 94 valence electrons. The first kappa shape index (κ1) is 13.3. The predicted octanol–water partition coefficient (Wildman–Crippen LogP) is 2.15. The molecule has 2 rings (SSSR count). The number of carbonyl (C=O) groups is 1. The molecular formula is C10H12BrClN2O2S. The van der Waals surface area contributed by atoms with E-state index in [0.717, 1.165) is 13.7 Å². The van der Waals surface area contributed by atoms with Crippen LogP contribution in [0.3, 0.4) is 0 Å². The van der Waals surface area contributed by atoms with E-state index < -0.39 is 11.5 Å². The van der Waals surface area contributed by atoms with Crippen molar-refractivity contribution in [3.8, 4) is 0 Å². The highest BCUT2D eigenvalue weighted by atomic mass is 79.9. The van der Waals surface area contributed by atoms with Crippen molar-refractivity contribution in [1.29, 1.82) is 0 Å². The van der Waals surface area contributed by atoms with Crippen LogP contribution in [0.5, 0.6) is 0 Å². The van der Waals surface area contributed by atoms with Crippen LogP contribution < -0.4 is 5.73 Å². The molecule has 0 saturated carbocycles. The molecule has 2 heterocycles. The molecule has 7 heteroatoms. The van der Waals surface area contributed by atoms with Gasteiger partial charge in [-0.3, -0.25) is 9.69 Å². The smallest absolute Gasteiger partial charge is 0.325 e. The molecule has 1 unspecified atom stereocenters. The highest BCUT2D eigenvalue weighted by Gasteiger charge is 2.41. The molecule has 0 aromatic carbocycles. The standard InChI is InChI=1S/C10H12BrClN2O2S/c11-7-3-6(17-8(7)12)4-14-2-1-10(13,5-14)9(15)16/h3H,1-2,4-5,13H2,(H,15,16). The summed E-state index contributed by atoms with van der Waals surface area (Å²) in [4.78, 5) is 14.2. The lowest BCUT2D eigenvalue weighted by Crippen LogP contribution is -2.49. The second-order valence-electron chi connectivity index (χ2n) is 4.26. The first-order valence-electron chi connectivity index (χ1n) is 5.09. The summed E-state index contributed by atoms with van der Waals surface area (Å²) in [5, 5.41) is 9.03. The van der Waals surface area contributed by atoms with E-state index in [1.165, 1.54) is 11.3 Å². The SMILES string of the molecule is NC1(C(=O)O)CCN(Cc2cc(Br)c(Cl)s2)C1. The summed E-state index contributed by atoms with van der Waals surface area (Å²) in [7, 11) is 0. The van der Waals surface area contributed by atoms with Crippen molar-refractivity contribution in [3.05, 3.63) is 19.8 Å². The van der Waals surface area contributed by atoms with E-state index in [1.807, 2.05) is 11.0 Å². The molecule has 1 fully saturated rings. The molecule has 1 atom stereocenters. The zero-order valence-electron chi connectivity index (χ0n) is 8.95. The van der Waals surface area contributed by atoms with Crippen LogP contribution in [0.1, 0.15) is 11.3 Å². The van der Waals surface area contributed by atoms with Crippen LogP contribution in [-0.2, 0) is 11.3 Å². The Hall–Kier alpha value is -0.140. The van der Waals surface area contributed by atoms with Crippen molar-refractivity contribution in [2.24, 2.45) is 5.73 Å². The van der Waals surface area contributed by atoms with Crippen molar-refractivity contribution >= 4 is 44.8 Å². The Bertz CT molecular complexity index is 434. The zero-order chi connectivity index (χ0) is 12.6. The Morgan fingerprint density at radius 1 is 1.76 bits per heavy atom. The van der Waals surface area contributed by atoms with Gasteiger partial charge in [0.05, 0.1) is 0 Å². The van der Waals surface area contributed by atoms with Gasteiger partial charge in [0.15, 0.2) is 0 Å². The molecule has 0 amide bonds. The summed E-state index contributed by atoms with van der Waals surface area (Å²) in [5.74, 6) is -0.926. The van der Waals surface area contributed by atoms with Gasteiger partial charge in [-0.25, -0.2) is 0 Å². The van der Waals surface area contributed by atoms with Crippen molar-refractivity contribution in [2.45, 2.75) is 18.5 Å². The largest absolute Gasteiger partial charge is 0.480 e. The van der Waals surface area contributed by atoms with Gasteiger partial charge in [-0.2, -0.15) is 0 Å². The van der Waals surface area contributed by atoms with Crippen LogP contribution in [0.15, 0.2) is 10.5 Å². The van der Waals surface area contributed by atoms with E-state index in [2.05, 4.69) is 15.9 Å². The molecule has 0 spiro atoms. The first-order chi connectivity index (χ1) is 7.90. The number of aliphatic carboxylic acids is 1. The van der Waals surface area contributed by atoms with E-state index in [4.69, 9.17) is 22.4 Å². The van der Waals surface area contributed by atoms with Gasteiger partial charge in [-0.1, -0.05) is 11.6 Å². The molecular weight excluding hydrogens is 328 g/mol. The van der Waals surface area contributed by atoms with Gasteiger partial charge in [-0.15, -0.1) is 11.3 Å². The Labute approximate surface area is 116 Å². The van der Waals surface area contributed by atoms with Crippen LogP contribution in [-0.4, -0.2) is 34.6 Å². The number of carboxylic acid groups (broad SMARTS) is 1. The van der Waals surface area contributed by atoms with E-state index in [1.54, 1.807) is 0 Å². The number of carboxylic acids is 1. The van der Waals surface area contributed by atoms with E-state index in [0.29, 0.717) is 26.1 Å². The van der Waals surface area contributed by atoms with Gasteiger partial charge < -0.3 is 10.8 Å². The Kier molecular flexibility index (Phi) is 3.80. The topological polar surface area (TPSA) is 66.6 Å². The first-order valence-corrected chi connectivity index (χ1v) is 7.08. The number of hydrogen-bond acceptors (Lipinski definition) is 4. The minimum Gasteiger partial charge on any atom is -0.480 e. The molecule has 4 nitrogen and oxygen atoms in total. The number of halogens is 2. The average Bonchev–Trinajstić information content (AvgIpc) is 2.74. The minimum absolute atomic E-state index is 0.384. The highest BCUT2D eigenvalue weighted by molar-refractivity contribution is 9.10. The second kappa shape index (κ2) is 4.85. The summed E-state index contributed by atoms with van der Waals surface area (Å²) in [6.07, 6.45) is 0.489. The molecule has 1 aliphatic rings. The van der Waals surface area contributed by atoms with Crippen LogP contribution in [0.25, 0.3) is 0 Å². The summed E-state index contributed by atoms with van der Waals surface area (Å²) in [6.45, 7) is 1.79. The Balaban J connectivity index is 2.01. The van der Waals surface area contributed by atoms with Gasteiger partial charge in [0, 0.05) is 29.0 Å². The third-order valence-corrected chi connectivity index (χ3v) is 5.34. The van der Waals surface area contributed by atoms with Crippen molar-refractivity contribution in [3.63, 3.8) is 0 Å². The summed E-state index contributed by atoms with van der Waals surface area (Å²) in [5.41, 5.74) is 4.71. The lowest BCUT2D eigenvalue weighted by Gasteiger charge is -2.19. The minimum atomic E-state index is -1.10. The number of hydrogen-bond donors (Lipinski definition) is 2. The lowest BCUT2D eigenvalue weighted by atomic mass is 10.0. The maximum Gasteiger partial charge on any atom is 0.325 e. The normalized spacial score (nSPS) is 25.4. The van der Waals surface area contributed by atoms with Gasteiger partial charge >= 0.3 is 5.97 Å². The molecule has 1 aromatic heterocycles. The molecule has 0 radical (unpaired) electrons. The third-order valence-electron chi connectivity index (χ3n) is 2.88. The Morgan fingerprint density at radius 3 is 2.94 bits per heavy atom. The van der Waals surface area contributed by atoms with E-state index in [-0.39, 0.29) is 0 Å². The summed E-state index contributed by atoms with van der Waals surface area (Å²) in [6, 6.07) is 1.96. The number of nitrogens with two attached hydrogens (primary N) is 1. The zero-order valence-corrected chi connectivity index (χ0v) is 12.1. The number of thiophene rings is 1. The molecule has 0 aliphatic carbocycles. The number of likely N-dealkylation sites (tertiary alicyclic amines) is 1. The lowest BCUT2D eigenvalue weighted by molar-refractivity contribution is -0.142. The fourth-order valence-electron chi connectivity index (χ4n) is 1.91. The molecule has 17 heavy (non-hydrogen) atoms. The Morgan fingerprint density at radius 2 is 2.47 bits per heavy atom. The summed E-state index contributed by atoms with van der Waals surface area (Å²) >= 11 is 10.8.